The zero-order chi connectivity index (χ0) is 20.6. The van der Waals surface area contributed by atoms with Crippen LogP contribution in [-0.2, 0) is 0 Å². The largest absolute Gasteiger partial charge is 0.366 e. The Bertz CT molecular complexity index is 835. The van der Waals surface area contributed by atoms with Crippen molar-refractivity contribution < 1.29 is 4.39 Å². The second-order valence-electron chi connectivity index (χ2n) is 9.83. The van der Waals surface area contributed by atoms with Crippen LogP contribution in [0.2, 0.25) is 5.02 Å². The molecule has 0 bridgehead atoms. The molecule has 1 aromatic carbocycles. The fourth-order valence-electron chi connectivity index (χ4n) is 4.65. The van der Waals surface area contributed by atoms with Gasteiger partial charge in [0, 0.05) is 24.7 Å². The van der Waals surface area contributed by atoms with Gasteiger partial charge < -0.3 is 10.2 Å². The molecule has 1 aliphatic heterocycles. The van der Waals surface area contributed by atoms with E-state index in [4.69, 9.17) is 11.6 Å². The van der Waals surface area contributed by atoms with Crippen LogP contribution in [0.15, 0.2) is 30.3 Å². The standard InChI is InChI=1S/C23H30ClFN4/c1-23(2,3)8-9-29-13-15-10-18(11-16(15)14-29)26-22-7-6-21(27-28-22)19-12-17(25)4-5-20(19)24/h4-7,12,15-16,18H,8-11,13-14H2,1-3H3,(H,26,28). The van der Waals surface area contributed by atoms with Crippen molar-refractivity contribution >= 4 is 17.4 Å². The van der Waals surface area contributed by atoms with Crippen molar-refractivity contribution in [2.45, 2.75) is 46.1 Å². The van der Waals surface area contributed by atoms with E-state index in [1.807, 2.05) is 12.1 Å². The summed E-state index contributed by atoms with van der Waals surface area (Å²) < 4.78 is 13.5. The van der Waals surface area contributed by atoms with Gasteiger partial charge in [-0.1, -0.05) is 32.4 Å². The molecule has 29 heavy (non-hydrogen) atoms. The van der Waals surface area contributed by atoms with Crippen molar-refractivity contribution in [3.05, 3.63) is 41.2 Å². The van der Waals surface area contributed by atoms with Crippen molar-refractivity contribution in [2.75, 3.05) is 25.0 Å². The molecule has 2 aliphatic rings. The van der Waals surface area contributed by atoms with Gasteiger partial charge in [0.2, 0.25) is 0 Å². The van der Waals surface area contributed by atoms with Gasteiger partial charge in [-0.2, -0.15) is 0 Å². The SMILES string of the molecule is CC(C)(C)CCN1CC2CC(Nc3ccc(-c4cc(F)ccc4Cl)nn3)CC2C1. The van der Waals surface area contributed by atoms with Crippen LogP contribution in [0.5, 0.6) is 0 Å². The number of aromatic nitrogens is 2. The molecule has 1 aliphatic carbocycles. The maximum atomic E-state index is 13.5. The molecule has 1 N–H and O–H groups in total. The third-order valence-corrected chi connectivity index (χ3v) is 6.56. The molecule has 6 heteroatoms. The Kier molecular flexibility index (Phi) is 5.80. The number of nitrogens with one attached hydrogen (secondary N) is 1. The predicted molar refractivity (Wildman–Crippen MR) is 117 cm³/mol. The quantitative estimate of drug-likeness (QED) is 0.699. The van der Waals surface area contributed by atoms with Gasteiger partial charge in [0.05, 0.1) is 10.7 Å². The van der Waals surface area contributed by atoms with Gasteiger partial charge in [-0.25, -0.2) is 4.39 Å². The highest BCUT2D eigenvalue weighted by molar-refractivity contribution is 6.33. The number of hydrogen-bond acceptors (Lipinski definition) is 4. The average molecular weight is 417 g/mol. The van der Waals surface area contributed by atoms with Crippen molar-refractivity contribution in [3.63, 3.8) is 0 Å². The maximum Gasteiger partial charge on any atom is 0.148 e. The minimum Gasteiger partial charge on any atom is -0.366 e. The predicted octanol–water partition coefficient (Wildman–Crippen LogP) is 5.49. The molecular formula is C23H30ClFN4. The molecule has 156 valence electrons. The van der Waals surface area contributed by atoms with E-state index >= 15 is 0 Å². The molecule has 1 saturated heterocycles. The zero-order valence-electron chi connectivity index (χ0n) is 17.5. The summed E-state index contributed by atoms with van der Waals surface area (Å²) in [6.07, 6.45) is 3.64. The van der Waals surface area contributed by atoms with Gasteiger partial charge >= 0.3 is 0 Å². The van der Waals surface area contributed by atoms with Crippen LogP contribution in [0.25, 0.3) is 11.3 Å². The van der Waals surface area contributed by atoms with Crippen LogP contribution in [0.4, 0.5) is 10.2 Å². The molecule has 0 radical (unpaired) electrons. The van der Waals surface area contributed by atoms with Crippen molar-refractivity contribution in [1.29, 1.82) is 0 Å². The van der Waals surface area contributed by atoms with Crippen molar-refractivity contribution in [1.82, 2.24) is 15.1 Å². The summed E-state index contributed by atoms with van der Waals surface area (Å²) in [7, 11) is 0. The number of rotatable bonds is 5. The van der Waals surface area contributed by atoms with Gasteiger partial charge in [0.15, 0.2) is 0 Å². The Balaban J connectivity index is 1.31. The van der Waals surface area contributed by atoms with E-state index < -0.39 is 0 Å². The lowest BCUT2D eigenvalue weighted by molar-refractivity contribution is 0.250. The number of halogens is 2. The van der Waals surface area contributed by atoms with Crippen LogP contribution in [-0.4, -0.2) is 40.8 Å². The Morgan fingerprint density at radius 2 is 1.83 bits per heavy atom. The van der Waals surface area contributed by atoms with Crippen LogP contribution in [0.1, 0.15) is 40.0 Å². The van der Waals surface area contributed by atoms with Crippen LogP contribution in [0, 0.1) is 23.1 Å². The molecule has 2 aromatic rings. The highest BCUT2D eigenvalue weighted by atomic mass is 35.5. The first kappa shape index (κ1) is 20.5. The molecule has 0 spiro atoms. The van der Waals surface area contributed by atoms with E-state index in [0.29, 0.717) is 27.7 Å². The summed E-state index contributed by atoms with van der Waals surface area (Å²) in [4.78, 5) is 2.65. The van der Waals surface area contributed by atoms with Gasteiger partial charge in [-0.05, 0) is 73.4 Å². The molecule has 4 rings (SSSR count). The van der Waals surface area contributed by atoms with E-state index in [9.17, 15) is 4.39 Å². The average Bonchev–Trinajstić information content (AvgIpc) is 3.20. The lowest BCUT2D eigenvalue weighted by atomic mass is 9.92. The fourth-order valence-corrected chi connectivity index (χ4v) is 4.86. The Morgan fingerprint density at radius 3 is 2.45 bits per heavy atom. The third kappa shape index (κ3) is 5.07. The van der Waals surface area contributed by atoms with Gasteiger partial charge in [0.25, 0.3) is 0 Å². The Morgan fingerprint density at radius 1 is 1.10 bits per heavy atom. The van der Waals surface area contributed by atoms with E-state index in [-0.39, 0.29) is 5.82 Å². The number of benzene rings is 1. The molecule has 1 saturated carbocycles. The van der Waals surface area contributed by atoms with Crippen molar-refractivity contribution in [3.8, 4) is 11.3 Å². The highest BCUT2D eigenvalue weighted by Gasteiger charge is 2.40. The number of nitrogens with zero attached hydrogens (tertiary/aromatic N) is 3. The summed E-state index contributed by atoms with van der Waals surface area (Å²) in [5.74, 6) is 2.01. The monoisotopic (exact) mass is 416 g/mol. The second-order valence-corrected chi connectivity index (χ2v) is 10.2. The molecule has 1 aromatic heterocycles. The van der Waals surface area contributed by atoms with Crippen LogP contribution in [0.3, 0.4) is 0 Å². The van der Waals surface area contributed by atoms with E-state index in [1.165, 1.54) is 51.0 Å². The number of anilines is 1. The van der Waals surface area contributed by atoms with Gasteiger partial charge in [0.1, 0.15) is 11.6 Å². The summed E-state index contributed by atoms with van der Waals surface area (Å²) in [6, 6.07) is 8.49. The molecule has 4 nitrogen and oxygen atoms in total. The topological polar surface area (TPSA) is 41.0 Å². The number of hydrogen-bond donors (Lipinski definition) is 1. The van der Waals surface area contributed by atoms with Crippen LogP contribution < -0.4 is 5.32 Å². The molecule has 2 heterocycles. The second kappa shape index (κ2) is 8.19. The summed E-state index contributed by atoms with van der Waals surface area (Å²) in [5.41, 5.74) is 1.55. The van der Waals surface area contributed by atoms with Gasteiger partial charge in [-0.15, -0.1) is 10.2 Å². The molecule has 2 atom stereocenters. The van der Waals surface area contributed by atoms with E-state index in [2.05, 4.69) is 41.2 Å². The normalized spacial score (nSPS) is 24.7. The first-order valence-electron chi connectivity index (χ1n) is 10.5. The maximum absolute atomic E-state index is 13.5. The summed E-state index contributed by atoms with van der Waals surface area (Å²) in [5, 5.41) is 12.6. The Hall–Kier alpha value is -1.72. The molecule has 2 fully saturated rings. The minimum atomic E-state index is -0.331. The summed E-state index contributed by atoms with van der Waals surface area (Å²) >= 11 is 6.17. The van der Waals surface area contributed by atoms with Crippen molar-refractivity contribution in [2.24, 2.45) is 17.3 Å². The fraction of sp³-hybridized carbons (Fsp3) is 0.565. The molecule has 2 unspecified atom stereocenters. The number of fused-ring (bicyclic) bond motifs is 1. The smallest absolute Gasteiger partial charge is 0.148 e. The number of likely N-dealkylation sites (tertiary alicyclic amines) is 1. The van der Waals surface area contributed by atoms with Crippen LogP contribution >= 0.6 is 11.6 Å². The lowest BCUT2D eigenvalue weighted by Gasteiger charge is -2.24. The summed E-state index contributed by atoms with van der Waals surface area (Å²) in [6.45, 7) is 10.6. The Labute approximate surface area is 177 Å². The third-order valence-electron chi connectivity index (χ3n) is 6.23. The molecule has 0 amide bonds. The first-order chi connectivity index (χ1) is 13.8. The lowest BCUT2D eigenvalue weighted by Crippen LogP contribution is -2.28. The van der Waals surface area contributed by atoms with E-state index in [1.54, 1.807) is 6.07 Å². The minimum absolute atomic E-state index is 0.331. The molecular weight excluding hydrogens is 387 g/mol. The van der Waals surface area contributed by atoms with E-state index in [0.717, 1.165) is 17.7 Å². The zero-order valence-corrected chi connectivity index (χ0v) is 18.2. The highest BCUT2D eigenvalue weighted by Crippen LogP contribution is 2.39. The van der Waals surface area contributed by atoms with Gasteiger partial charge in [-0.3, -0.25) is 0 Å². The first-order valence-corrected chi connectivity index (χ1v) is 10.9.